The maximum atomic E-state index is 12.9. The number of ether oxygens (including phenoxy) is 1. The van der Waals surface area contributed by atoms with Crippen molar-refractivity contribution in [3.05, 3.63) is 94.5 Å². The number of nitrogens with one attached hydrogen (secondary N) is 2. The average molecular weight is 510 g/mol. The average Bonchev–Trinajstić information content (AvgIpc) is 2.84. The van der Waals surface area contributed by atoms with E-state index in [1.807, 2.05) is 32.0 Å². The fourth-order valence-electron chi connectivity index (χ4n) is 3.64. The first-order valence-corrected chi connectivity index (χ1v) is 13.3. The summed E-state index contributed by atoms with van der Waals surface area (Å²) in [6, 6.07) is 19.1. The molecular weight excluding hydrogens is 478 g/mol. The number of carbonyl (C=O) groups is 2. The van der Waals surface area contributed by atoms with E-state index < -0.39 is 10.0 Å². The number of aryl methyl sites for hydroxylation is 2. The molecule has 0 aliphatic carbocycles. The molecule has 190 valence electrons. The van der Waals surface area contributed by atoms with Gasteiger partial charge in [-0.1, -0.05) is 36.4 Å². The Morgan fingerprint density at radius 2 is 1.64 bits per heavy atom. The van der Waals surface area contributed by atoms with E-state index in [9.17, 15) is 18.0 Å². The van der Waals surface area contributed by atoms with Gasteiger partial charge in [-0.3, -0.25) is 13.9 Å². The maximum absolute atomic E-state index is 12.9. The van der Waals surface area contributed by atoms with Crippen molar-refractivity contribution < 1.29 is 22.7 Å². The predicted octanol–water partition coefficient (Wildman–Crippen LogP) is 3.90. The molecule has 36 heavy (non-hydrogen) atoms. The Balaban J connectivity index is 1.76. The zero-order valence-electron chi connectivity index (χ0n) is 20.9. The molecule has 0 heterocycles. The third-order valence-corrected chi connectivity index (χ3v) is 6.71. The molecule has 0 saturated carbocycles. The predicted molar refractivity (Wildman–Crippen MR) is 142 cm³/mol. The minimum atomic E-state index is -3.54. The van der Waals surface area contributed by atoms with Crippen LogP contribution in [-0.4, -0.2) is 46.7 Å². The largest absolute Gasteiger partial charge is 0.383 e. The highest BCUT2D eigenvalue weighted by Gasteiger charge is 2.20. The molecule has 0 unspecified atom stereocenters. The highest BCUT2D eigenvalue weighted by Crippen LogP contribution is 2.26. The first kappa shape index (κ1) is 26.9. The first-order chi connectivity index (χ1) is 17.1. The van der Waals surface area contributed by atoms with Gasteiger partial charge in [0.05, 0.1) is 36.3 Å². The lowest BCUT2D eigenvalue weighted by Crippen LogP contribution is -2.30. The Morgan fingerprint density at radius 3 is 2.31 bits per heavy atom. The molecule has 0 atom stereocenters. The Hall–Kier alpha value is -3.69. The van der Waals surface area contributed by atoms with Crippen molar-refractivity contribution in [1.82, 2.24) is 5.32 Å². The van der Waals surface area contributed by atoms with E-state index in [-0.39, 0.29) is 18.4 Å². The molecule has 0 bridgehead atoms. The second-order valence-corrected chi connectivity index (χ2v) is 10.4. The number of carbonyl (C=O) groups excluding carboxylic acids is 2. The van der Waals surface area contributed by atoms with Crippen LogP contribution < -0.4 is 14.9 Å². The molecule has 0 aromatic heterocycles. The first-order valence-electron chi connectivity index (χ1n) is 11.4. The summed E-state index contributed by atoms with van der Waals surface area (Å²) in [5, 5.41) is 5.53. The van der Waals surface area contributed by atoms with E-state index in [0.717, 1.165) is 16.7 Å². The molecule has 9 heteroatoms. The highest BCUT2D eigenvalue weighted by atomic mass is 32.2. The molecule has 0 radical (unpaired) electrons. The quantitative estimate of drug-likeness (QED) is 0.404. The number of hydrogen-bond acceptors (Lipinski definition) is 5. The normalized spacial score (nSPS) is 11.1. The van der Waals surface area contributed by atoms with Crippen LogP contribution in [-0.2, 0) is 21.3 Å². The minimum absolute atomic E-state index is 0.134. The number of rotatable bonds is 10. The number of methoxy groups -OCH3 is 1. The van der Waals surface area contributed by atoms with E-state index >= 15 is 0 Å². The molecule has 0 spiro atoms. The zero-order chi connectivity index (χ0) is 26.3. The lowest BCUT2D eigenvalue weighted by molar-refractivity contribution is 0.0938. The Morgan fingerprint density at radius 1 is 0.944 bits per heavy atom. The molecule has 8 nitrogen and oxygen atoms in total. The number of benzene rings is 3. The SMILES string of the molecule is COCCNC(=O)c1ccccc1NC(=O)c1ccc(CN(c2cc(C)ccc2C)S(C)(=O)=O)cc1. The van der Waals surface area contributed by atoms with Crippen LogP contribution in [0.2, 0.25) is 0 Å². The van der Waals surface area contributed by atoms with Gasteiger partial charge < -0.3 is 15.4 Å². The van der Waals surface area contributed by atoms with Gasteiger partial charge in [0.15, 0.2) is 0 Å². The second-order valence-electron chi connectivity index (χ2n) is 8.50. The lowest BCUT2D eigenvalue weighted by Gasteiger charge is -2.25. The summed E-state index contributed by atoms with van der Waals surface area (Å²) in [5.74, 6) is -0.696. The van der Waals surface area contributed by atoms with E-state index in [1.54, 1.807) is 55.6 Å². The van der Waals surface area contributed by atoms with Crippen molar-refractivity contribution in [2.24, 2.45) is 0 Å². The fourth-order valence-corrected chi connectivity index (χ4v) is 4.58. The summed E-state index contributed by atoms with van der Waals surface area (Å²) in [7, 11) is -1.99. The molecule has 3 aromatic rings. The molecular formula is C27H31N3O5S. The summed E-state index contributed by atoms with van der Waals surface area (Å²) < 4.78 is 31.5. The van der Waals surface area contributed by atoms with Crippen molar-refractivity contribution in [1.29, 1.82) is 0 Å². The summed E-state index contributed by atoms with van der Waals surface area (Å²) in [4.78, 5) is 25.4. The topological polar surface area (TPSA) is 105 Å². The number of hydrogen-bond donors (Lipinski definition) is 2. The number of sulfonamides is 1. The molecule has 3 rings (SSSR count). The van der Waals surface area contributed by atoms with E-state index in [2.05, 4.69) is 10.6 Å². The van der Waals surface area contributed by atoms with Crippen LogP contribution >= 0.6 is 0 Å². The summed E-state index contributed by atoms with van der Waals surface area (Å²) in [5.41, 5.74) is 4.29. The van der Waals surface area contributed by atoms with Gasteiger partial charge in [-0.15, -0.1) is 0 Å². The zero-order valence-corrected chi connectivity index (χ0v) is 21.7. The molecule has 2 amide bonds. The van der Waals surface area contributed by atoms with Gasteiger partial charge in [0.25, 0.3) is 11.8 Å². The van der Waals surface area contributed by atoms with Gasteiger partial charge in [-0.25, -0.2) is 8.42 Å². The third kappa shape index (κ3) is 6.93. The molecule has 2 N–H and O–H groups in total. The van der Waals surface area contributed by atoms with Crippen LogP contribution in [0.25, 0.3) is 0 Å². The van der Waals surface area contributed by atoms with Gasteiger partial charge in [-0.2, -0.15) is 0 Å². The van der Waals surface area contributed by atoms with Crippen LogP contribution in [0.5, 0.6) is 0 Å². The Labute approximate surface area is 212 Å². The van der Waals surface area contributed by atoms with Crippen molar-refractivity contribution in [2.45, 2.75) is 20.4 Å². The molecule has 0 aliphatic rings. The van der Waals surface area contributed by atoms with Gasteiger partial charge in [0, 0.05) is 19.2 Å². The van der Waals surface area contributed by atoms with Crippen LogP contribution in [0, 0.1) is 13.8 Å². The van der Waals surface area contributed by atoms with E-state index in [4.69, 9.17) is 4.74 Å². The maximum Gasteiger partial charge on any atom is 0.255 e. The van der Waals surface area contributed by atoms with Crippen LogP contribution in [0.3, 0.4) is 0 Å². The Bertz CT molecular complexity index is 1340. The second kappa shape index (κ2) is 11.8. The number of amides is 2. The van der Waals surface area contributed by atoms with Crippen molar-refractivity contribution in [2.75, 3.05) is 36.1 Å². The molecule has 0 fully saturated rings. The third-order valence-electron chi connectivity index (χ3n) is 5.59. The number of nitrogens with zero attached hydrogens (tertiary/aromatic N) is 1. The minimum Gasteiger partial charge on any atom is -0.383 e. The number of anilines is 2. The smallest absolute Gasteiger partial charge is 0.255 e. The van der Waals surface area contributed by atoms with Crippen LogP contribution in [0.15, 0.2) is 66.7 Å². The Kier molecular flexibility index (Phi) is 8.84. The summed E-state index contributed by atoms with van der Waals surface area (Å²) in [6.45, 7) is 4.66. The van der Waals surface area contributed by atoms with Gasteiger partial charge in [0.2, 0.25) is 10.0 Å². The van der Waals surface area contributed by atoms with Crippen molar-refractivity contribution in [3.63, 3.8) is 0 Å². The molecule has 0 aliphatic heterocycles. The van der Waals surface area contributed by atoms with Gasteiger partial charge >= 0.3 is 0 Å². The monoisotopic (exact) mass is 509 g/mol. The van der Waals surface area contributed by atoms with Gasteiger partial charge in [-0.05, 0) is 60.9 Å². The molecule has 0 saturated heterocycles. The highest BCUT2D eigenvalue weighted by molar-refractivity contribution is 7.92. The summed E-state index contributed by atoms with van der Waals surface area (Å²) in [6.07, 6.45) is 1.18. The molecule has 3 aromatic carbocycles. The van der Waals surface area contributed by atoms with Crippen LogP contribution in [0.4, 0.5) is 11.4 Å². The van der Waals surface area contributed by atoms with E-state index in [0.29, 0.717) is 35.7 Å². The van der Waals surface area contributed by atoms with Gasteiger partial charge in [0.1, 0.15) is 0 Å². The fraction of sp³-hybridized carbons (Fsp3) is 0.259. The van der Waals surface area contributed by atoms with Crippen molar-refractivity contribution in [3.8, 4) is 0 Å². The standard InChI is InChI=1S/C27H31N3O5S/c1-19-9-10-20(2)25(17-19)30(36(4,33)34)18-21-11-13-22(14-12-21)26(31)29-24-8-6-5-7-23(24)27(32)28-15-16-35-3/h5-14,17H,15-16,18H2,1-4H3,(H,28,32)(H,29,31). The summed E-state index contributed by atoms with van der Waals surface area (Å²) >= 11 is 0. The van der Waals surface area contributed by atoms with E-state index in [1.165, 1.54) is 10.6 Å². The van der Waals surface area contributed by atoms with Crippen molar-refractivity contribution >= 4 is 33.2 Å². The van der Waals surface area contributed by atoms with Crippen LogP contribution in [0.1, 0.15) is 37.4 Å². The lowest BCUT2D eigenvalue weighted by atomic mass is 10.1. The number of para-hydroxylation sites is 1.